The summed E-state index contributed by atoms with van der Waals surface area (Å²) in [6, 6.07) is 0. The van der Waals surface area contributed by atoms with E-state index in [-0.39, 0.29) is 16.9 Å². The quantitative estimate of drug-likeness (QED) is 0.445. The van der Waals surface area contributed by atoms with Gasteiger partial charge in [0.1, 0.15) is 0 Å². The van der Waals surface area contributed by atoms with Crippen molar-refractivity contribution in [3.05, 3.63) is 0 Å². The second kappa shape index (κ2) is 7.92. The molecular formula is C5H8Cl2O2. The Kier molecular flexibility index (Phi) is 10.3. The highest BCUT2D eigenvalue weighted by atomic mass is 35.5. The van der Waals surface area contributed by atoms with Crippen LogP contribution in [0.3, 0.4) is 0 Å². The number of carbonyl (C=O) groups excluding carboxylic acids is 2. The first-order chi connectivity index (χ1) is 4.06. The normalized spacial score (nSPS) is 7.67. The van der Waals surface area contributed by atoms with E-state index in [0.29, 0.717) is 0 Å². The number of rotatable bonds is 1. The van der Waals surface area contributed by atoms with Crippen molar-refractivity contribution in [2.45, 2.75) is 13.8 Å². The van der Waals surface area contributed by atoms with Crippen LogP contribution in [0.25, 0.3) is 0 Å². The molecule has 0 radical (unpaired) electrons. The van der Waals surface area contributed by atoms with Crippen molar-refractivity contribution in [3.63, 3.8) is 0 Å². The maximum absolute atomic E-state index is 9.91. The summed E-state index contributed by atoms with van der Waals surface area (Å²) in [7, 11) is 0. The third kappa shape index (κ3) is 18.1. The summed E-state index contributed by atoms with van der Waals surface area (Å²) in [5.74, 6) is 0.201. The van der Waals surface area contributed by atoms with E-state index in [0.717, 1.165) is 0 Å². The van der Waals surface area contributed by atoms with Gasteiger partial charge in [0, 0.05) is 5.92 Å². The molecule has 54 valence electrons. The summed E-state index contributed by atoms with van der Waals surface area (Å²) >= 11 is 9.29. The maximum Gasteiger partial charge on any atom is 0.224 e. The standard InChI is InChI=1S/C4H7ClO.CHClO/c1-3(2)4(5)6;2-1-3/h3H,1-2H3;1H. The summed E-state index contributed by atoms with van der Waals surface area (Å²) in [5, 5.41) is -0.269. The number of hydrogen-bond acceptors (Lipinski definition) is 2. The Labute approximate surface area is 64.1 Å². The van der Waals surface area contributed by atoms with Gasteiger partial charge in [-0.25, -0.2) is 0 Å². The number of halogens is 2. The molecule has 0 heterocycles. The van der Waals surface area contributed by atoms with E-state index >= 15 is 0 Å². The van der Waals surface area contributed by atoms with Crippen LogP contribution in [0.15, 0.2) is 0 Å². The van der Waals surface area contributed by atoms with Crippen LogP contribution in [-0.4, -0.2) is 11.0 Å². The smallest absolute Gasteiger partial charge is 0.224 e. The van der Waals surface area contributed by atoms with E-state index < -0.39 is 0 Å². The molecule has 0 saturated carbocycles. The van der Waals surface area contributed by atoms with Crippen LogP contribution >= 0.6 is 23.2 Å². The van der Waals surface area contributed by atoms with Crippen LogP contribution in [0, 0.1) is 5.92 Å². The van der Waals surface area contributed by atoms with E-state index in [1.54, 1.807) is 13.8 Å². The van der Waals surface area contributed by atoms with Crippen LogP contribution in [0.4, 0.5) is 0 Å². The molecule has 0 unspecified atom stereocenters. The zero-order valence-corrected chi connectivity index (χ0v) is 6.74. The first-order valence-electron chi connectivity index (χ1n) is 2.29. The van der Waals surface area contributed by atoms with E-state index in [2.05, 4.69) is 11.6 Å². The third-order valence-electron chi connectivity index (χ3n) is 0.454. The Balaban J connectivity index is 0. The lowest BCUT2D eigenvalue weighted by Gasteiger charge is -1.88. The van der Waals surface area contributed by atoms with Crippen molar-refractivity contribution in [1.82, 2.24) is 0 Å². The van der Waals surface area contributed by atoms with Crippen LogP contribution in [0.1, 0.15) is 13.8 Å². The van der Waals surface area contributed by atoms with Crippen LogP contribution in [0.2, 0.25) is 0 Å². The fraction of sp³-hybridized carbons (Fsp3) is 0.600. The van der Waals surface area contributed by atoms with Gasteiger partial charge in [-0.2, -0.15) is 0 Å². The SMILES string of the molecule is CC(C)C(=O)Cl.O=CCl. The van der Waals surface area contributed by atoms with Gasteiger partial charge < -0.3 is 0 Å². The lowest BCUT2D eigenvalue weighted by Crippen LogP contribution is -1.95. The van der Waals surface area contributed by atoms with E-state index in [9.17, 15) is 4.79 Å². The van der Waals surface area contributed by atoms with Crippen LogP contribution < -0.4 is 0 Å². The topological polar surface area (TPSA) is 34.1 Å². The van der Waals surface area contributed by atoms with Gasteiger partial charge in [0.15, 0.2) is 0 Å². The van der Waals surface area contributed by atoms with Gasteiger partial charge in [0.05, 0.1) is 0 Å². The third-order valence-corrected chi connectivity index (χ3v) is 0.890. The predicted molar refractivity (Wildman–Crippen MR) is 38.3 cm³/mol. The second-order valence-electron chi connectivity index (χ2n) is 1.55. The highest BCUT2D eigenvalue weighted by molar-refractivity contribution is 6.63. The minimum atomic E-state index is -0.269. The molecule has 0 aliphatic rings. The number of hydrogen-bond donors (Lipinski definition) is 0. The molecule has 0 bridgehead atoms. The molecule has 9 heavy (non-hydrogen) atoms. The van der Waals surface area contributed by atoms with Gasteiger partial charge in [0.2, 0.25) is 11.0 Å². The van der Waals surface area contributed by atoms with Gasteiger partial charge in [-0.1, -0.05) is 13.8 Å². The first-order valence-corrected chi connectivity index (χ1v) is 3.10. The van der Waals surface area contributed by atoms with Gasteiger partial charge in [0.25, 0.3) is 0 Å². The molecule has 0 saturated heterocycles. The van der Waals surface area contributed by atoms with Gasteiger partial charge >= 0.3 is 0 Å². The molecule has 0 aromatic carbocycles. The van der Waals surface area contributed by atoms with Crippen LogP contribution in [0.5, 0.6) is 0 Å². The fourth-order valence-electron chi connectivity index (χ4n) is 0. The summed E-state index contributed by atoms with van der Waals surface area (Å²) in [5.41, 5.74) is 0. The van der Waals surface area contributed by atoms with Crippen molar-refractivity contribution >= 4 is 34.2 Å². The summed E-state index contributed by atoms with van der Waals surface area (Å²) in [6.07, 6.45) is 0. The Bertz CT molecular complexity index is 91.0. The van der Waals surface area contributed by atoms with Crippen LogP contribution in [-0.2, 0) is 9.59 Å². The molecular weight excluding hydrogens is 163 g/mol. The second-order valence-corrected chi connectivity index (χ2v) is 2.10. The summed E-state index contributed by atoms with van der Waals surface area (Å²) in [4.78, 5) is 18.5. The highest BCUT2D eigenvalue weighted by Gasteiger charge is 1.98. The average molecular weight is 171 g/mol. The van der Waals surface area contributed by atoms with Gasteiger partial charge in [-0.15, -0.1) is 0 Å². The molecule has 0 amide bonds. The van der Waals surface area contributed by atoms with Gasteiger partial charge in [-0.05, 0) is 23.2 Å². The Morgan fingerprint density at radius 1 is 1.56 bits per heavy atom. The lowest BCUT2D eigenvalue weighted by atomic mass is 10.3. The van der Waals surface area contributed by atoms with E-state index in [1.165, 1.54) is 0 Å². The summed E-state index contributed by atoms with van der Waals surface area (Å²) in [6.45, 7) is 3.52. The molecule has 0 fully saturated rings. The molecule has 0 rings (SSSR count). The largest absolute Gasteiger partial charge is 0.285 e. The Morgan fingerprint density at radius 3 is 1.67 bits per heavy atom. The zero-order valence-electron chi connectivity index (χ0n) is 5.23. The molecule has 4 heteroatoms. The van der Waals surface area contributed by atoms with Crippen molar-refractivity contribution in [3.8, 4) is 0 Å². The predicted octanol–water partition coefficient (Wildman–Crippen LogP) is 1.82. The molecule has 0 atom stereocenters. The Morgan fingerprint density at radius 2 is 1.67 bits per heavy atom. The Hall–Kier alpha value is -0.0800. The highest BCUT2D eigenvalue weighted by Crippen LogP contribution is 1.95. The minimum Gasteiger partial charge on any atom is -0.285 e. The van der Waals surface area contributed by atoms with Crippen molar-refractivity contribution in [2.75, 3.05) is 0 Å². The average Bonchev–Trinajstić information content (AvgIpc) is 1.68. The minimum absolute atomic E-state index is 0.0216. The fourth-order valence-corrected chi connectivity index (χ4v) is 0. The van der Waals surface area contributed by atoms with Crippen molar-refractivity contribution in [2.24, 2.45) is 5.92 Å². The zero-order chi connectivity index (χ0) is 7.86. The molecule has 0 aromatic rings. The molecule has 0 N–H and O–H groups in total. The maximum atomic E-state index is 9.91. The van der Waals surface area contributed by atoms with Crippen molar-refractivity contribution < 1.29 is 9.59 Å². The lowest BCUT2D eigenvalue weighted by molar-refractivity contribution is -0.114. The number of carbonyl (C=O) groups is 2. The summed E-state index contributed by atoms with van der Waals surface area (Å²) < 4.78 is 0. The van der Waals surface area contributed by atoms with E-state index in [1.807, 2.05) is 0 Å². The molecule has 0 spiro atoms. The van der Waals surface area contributed by atoms with Gasteiger partial charge in [-0.3, -0.25) is 9.59 Å². The van der Waals surface area contributed by atoms with Crippen molar-refractivity contribution in [1.29, 1.82) is 0 Å². The molecule has 2 nitrogen and oxygen atoms in total. The molecule has 0 aliphatic heterocycles. The first kappa shape index (κ1) is 11.7. The molecule has 0 aromatic heterocycles. The monoisotopic (exact) mass is 170 g/mol. The van der Waals surface area contributed by atoms with E-state index in [4.69, 9.17) is 16.4 Å². The molecule has 0 aliphatic carbocycles.